The predicted octanol–water partition coefficient (Wildman–Crippen LogP) is 1.06. The zero-order valence-electron chi connectivity index (χ0n) is 12.8. The fourth-order valence-electron chi connectivity index (χ4n) is 2.62. The zero-order chi connectivity index (χ0) is 16.1. The second kappa shape index (κ2) is 7.35. The van der Waals surface area contributed by atoms with Crippen molar-refractivity contribution in [2.75, 3.05) is 26.2 Å². The molecule has 0 radical (unpaired) electrons. The number of aryl methyl sites for hydroxylation is 1. The van der Waals surface area contributed by atoms with Crippen molar-refractivity contribution in [1.29, 1.82) is 0 Å². The van der Waals surface area contributed by atoms with Crippen molar-refractivity contribution >= 4 is 11.8 Å². The van der Waals surface area contributed by atoms with Gasteiger partial charge in [0.15, 0.2) is 0 Å². The first kappa shape index (κ1) is 16.4. The smallest absolute Gasteiger partial charge is 0.253 e. The average molecular weight is 307 g/mol. The van der Waals surface area contributed by atoms with Gasteiger partial charge in [0.2, 0.25) is 5.91 Å². The standard InChI is InChI=1S/C16H22FN3O2/c1-11-4-5-12(9-14(11)17)16(22)20-8-2-3-13(10-20)15(21)19-7-6-18/h4-5,9,13H,2-3,6-8,10,18H2,1H3,(H,19,21). The molecule has 0 aliphatic carbocycles. The Morgan fingerprint density at radius 3 is 2.91 bits per heavy atom. The van der Waals surface area contributed by atoms with E-state index in [1.807, 2.05) is 0 Å². The highest BCUT2D eigenvalue weighted by atomic mass is 19.1. The van der Waals surface area contributed by atoms with E-state index < -0.39 is 0 Å². The second-order valence-electron chi connectivity index (χ2n) is 5.63. The van der Waals surface area contributed by atoms with E-state index in [2.05, 4.69) is 5.32 Å². The first-order valence-electron chi connectivity index (χ1n) is 7.56. The van der Waals surface area contributed by atoms with Crippen molar-refractivity contribution in [2.45, 2.75) is 19.8 Å². The van der Waals surface area contributed by atoms with Crippen molar-refractivity contribution in [3.63, 3.8) is 0 Å². The van der Waals surface area contributed by atoms with Gasteiger partial charge < -0.3 is 16.0 Å². The molecule has 0 bridgehead atoms. The number of hydrogen-bond acceptors (Lipinski definition) is 3. The van der Waals surface area contributed by atoms with Gasteiger partial charge in [-0.15, -0.1) is 0 Å². The number of amides is 2. The van der Waals surface area contributed by atoms with Crippen molar-refractivity contribution in [3.05, 3.63) is 35.1 Å². The molecule has 120 valence electrons. The van der Waals surface area contributed by atoms with Crippen LogP contribution < -0.4 is 11.1 Å². The van der Waals surface area contributed by atoms with Crippen molar-refractivity contribution in [1.82, 2.24) is 10.2 Å². The van der Waals surface area contributed by atoms with E-state index in [1.165, 1.54) is 6.07 Å². The van der Waals surface area contributed by atoms with Crippen molar-refractivity contribution < 1.29 is 14.0 Å². The minimum atomic E-state index is -0.389. The number of rotatable bonds is 4. The van der Waals surface area contributed by atoms with Crippen LogP contribution in [0.4, 0.5) is 4.39 Å². The maximum atomic E-state index is 13.6. The summed E-state index contributed by atoms with van der Waals surface area (Å²) in [7, 11) is 0. The summed E-state index contributed by atoms with van der Waals surface area (Å²) in [4.78, 5) is 26.1. The lowest BCUT2D eigenvalue weighted by molar-refractivity contribution is -0.126. The van der Waals surface area contributed by atoms with Crippen LogP contribution in [-0.2, 0) is 4.79 Å². The van der Waals surface area contributed by atoms with Crippen LogP contribution in [0.15, 0.2) is 18.2 Å². The van der Waals surface area contributed by atoms with Gasteiger partial charge in [0.05, 0.1) is 5.92 Å². The molecule has 2 amide bonds. The van der Waals surface area contributed by atoms with Crippen LogP contribution in [0, 0.1) is 18.7 Å². The van der Waals surface area contributed by atoms with Crippen LogP contribution in [-0.4, -0.2) is 42.9 Å². The first-order valence-corrected chi connectivity index (χ1v) is 7.56. The number of hydrogen-bond donors (Lipinski definition) is 2. The number of nitrogens with one attached hydrogen (secondary N) is 1. The molecule has 0 saturated carbocycles. The number of benzene rings is 1. The lowest BCUT2D eigenvalue weighted by atomic mass is 9.96. The van der Waals surface area contributed by atoms with Gasteiger partial charge in [-0.2, -0.15) is 0 Å². The lowest BCUT2D eigenvalue weighted by Crippen LogP contribution is -2.46. The molecule has 1 heterocycles. The average Bonchev–Trinajstić information content (AvgIpc) is 2.54. The normalized spacial score (nSPS) is 18.1. The molecule has 1 aliphatic rings. The number of carbonyl (C=O) groups excluding carboxylic acids is 2. The number of likely N-dealkylation sites (tertiary alicyclic amines) is 1. The van der Waals surface area contributed by atoms with E-state index in [0.29, 0.717) is 37.3 Å². The molecule has 3 N–H and O–H groups in total. The van der Waals surface area contributed by atoms with Crippen LogP contribution in [0.2, 0.25) is 0 Å². The fourth-order valence-corrected chi connectivity index (χ4v) is 2.62. The summed E-state index contributed by atoms with van der Waals surface area (Å²) in [5.41, 5.74) is 6.20. The molecule has 0 spiro atoms. The molecule has 1 aliphatic heterocycles. The Bertz CT molecular complexity index is 562. The lowest BCUT2D eigenvalue weighted by Gasteiger charge is -2.32. The summed E-state index contributed by atoms with van der Waals surface area (Å²) in [6.07, 6.45) is 1.52. The van der Waals surface area contributed by atoms with E-state index in [4.69, 9.17) is 5.73 Å². The molecular formula is C16H22FN3O2. The summed E-state index contributed by atoms with van der Waals surface area (Å²) >= 11 is 0. The number of piperidine rings is 1. The Hall–Kier alpha value is -1.95. The molecule has 1 aromatic carbocycles. The summed E-state index contributed by atoms with van der Waals surface area (Å²) in [5, 5.41) is 2.76. The third-order valence-corrected chi connectivity index (χ3v) is 3.94. The van der Waals surface area contributed by atoms with Crippen LogP contribution in [0.25, 0.3) is 0 Å². The molecule has 1 aromatic rings. The second-order valence-corrected chi connectivity index (χ2v) is 5.63. The van der Waals surface area contributed by atoms with Crippen LogP contribution >= 0.6 is 0 Å². The van der Waals surface area contributed by atoms with Gasteiger partial charge in [0.1, 0.15) is 5.82 Å². The van der Waals surface area contributed by atoms with Gasteiger partial charge in [0, 0.05) is 31.7 Å². The molecule has 2 rings (SSSR count). The molecule has 1 saturated heterocycles. The Morgan fingerprint density at radius 1 is 1.45 bits per heavy atom. The Labute approximate surface area is 129 Å². The number of halogens is 1. The quantitative estimate of drug-likeness (QED) is 0.873. The molecule has 1 unspecified atom stereocenters. The minimum Gasteiger partial charge on any atom is -0.355 e. The minimum absolute atomic E-state index is 0.0713. The molecule has 0 aromatic heterocycles. The number of carbonyl (C=O) groups is 2. The van der Waals surface area contributed by atoms with Gasteiger partial charge in [-0.3, -0.25) is 9.59 Å². The third-order valence-electron chi connectivity index (χ3n) is 3.94. The summed E-state index contributed by atoms with van der Waals surface area (Å²) in [6.45, 7) is 3.44. The molecule has 5 nitrogen and oxygen atoms in total. The van der Waals surface area contributed by atoms with E-state index in [0.717, 1.165) is 12.8 Å². The van der Waals surface area contributed by atoms with Crippen molar-refractivity contribution in [3.8, 4) is 0 Å². The van der Waals surface area contributed by atoms with Crippen LogP contribution in [0.1, 0.15) is 28.8 Å². The monoisotopic (exact) mass is 307 g/mol. The SMILES string of the molecule is Cc1ccc(C(=O)N2CCCC(C(=O)NCCN)C2)cc1F. The Morgan fingerprint density at radius 2 is 2.23 bits per heavy atom. The predicted molar refractivity (Wildman–Crippen MR) is 81.8 cm³/mol. The van der Waals surface area contributed by atoms with Gasteiger partial charge in [-0.1, -0.05) is 6.07 Å². The number of nitrogens with zero attached hydrogens (tertiary/aromatic N) is 1. The van der Waals surface area contributed by atoms with E-state index in [1.54, 1.807) is 24.0 Å². The molecule has 6 heteroatoms. The van der Waals surface area contributed by atoms with Crippen molar-refractivity contribution in [2.24, 2.45) is 11.7 Å². The molecular weight excluding hydrogens is 285 g/mol. The largest absolute Gasteiger partial charge is 0.355 e. The molecule has 1 fully saturated rings. The van der Waals surface area contributed by atoms with Crippen LogP contribution in [0.5, 0.6) is 0 Å². The summed E-state index contributed by atoms with van der Waals surface area (Å²) in [6, 6.07) is 4.48. The summed E-state index contributed by atoms with van der Waals surface area (Å²) in [5.74, 6) is -0.909. The topological polar surface area (TPSA) is 75.4 Å². The number of nitrogens with two attached hydrogens (primary N) is 1. The molecule has 1 atom stereocenters. The first-order chi connectivity index (χ1) is 10.5. The summed E-state index contributed by atoms with van der Waals surface area (Å²) < 4.78 is 13.6. The fraction of sp³-hybridized carbons (Fsp3) is 0.500. The maximum Gasteiger partial charge on any atom is 0.253 e. The Balaban J connectivity index is 2.03. The van der Waals surface area contributed by atoms with E-state index in [-0.39, 0.29) is 23.5 Å². The van der Waals surface area contributed by atoms with Crippen LogP contribution in [0.3, 0.4) is 0 Å². The zero-order valence-corrected chi connectivity index (χ0v) is 12.8. The van der Waals surface area contributed by atoms with E-state index >= 15 is 0 Å². The Kier molecular flexibility index (Phi) is 5.49. The van der Waals surface area contributed by atoms with Gasteiger partial charge >= 0.3 is 0 Å². The highest BCUT2D eigenvalue weighted by Gasteiger charge is 2.28. The molecule has 22 heavy (non-hydrogen) atoms. The van der Waals surface area contributed by atoms with Gasteiger partial charge in [-0.25, -0.2) is 4.39 Å². The van der Waals surface area contributed by atoms with Gasteiger partial charge in [0.25, 0.3) is 5.91 Å². The third kappa shape index (κ3) is 3.82. The van der Waals surface area contributed by atoms with E-state index in [9.17, 15) is 14.0 Å². The maximum absolute atomic E-state index is 13.6. The highest BCUT2D eigenvalue weighted by Crippen LogP contribution is 2.19. The van der Waals surface area contributed by atoms with Gasteiger partial charge in [-0.05, 0) is 37.5 Å². The highest BCUT2D eigenvalue weighted by molar-refractivity contribution is 5.94.